The van der Waals surface area contributed by atoms with Gasteiger partial charge in [0.1, 0.15) is 11.4 Å². The van der Waals surface area contributed by atoms with Crippen LogP contribution in [0.4, 0.5) is 11.4 Å². The molecule has 3 aromatic carbocycles. The van der Waals surface area contributed by atoms with Gasteiger partial charge in [-0.25, -0.2) is 8.42 Å². The van der Waals surface area contributed by atoms with Crippen molar-refractivity contribution in [3.05, 3.63) is 94.5 Å². The van der Waals surface area contributed by atoms with Crippen LogP contribution in [0.1, 0.15) is 21.5 Å². The third kappa shape index (κ3) is 4.56. The molecule has 0 saturated carbocycles. The Kier molecular flexibility index (Phi) is 6.07. The number of amides is 1. The number of hydrogen-bond acceptors (Lipinski definition) is 5. The lowest BCUT2D eigenvalue weighted by Crippen LogP contribution is -2.15. The Morgan fingerprint density at radius 1 is 0.969 bits per heavy atom. The van der Waals surface area contributed by atoms with Crippen LogP contribution in [0.5, 0.6) is 5.75 Å². The van der Waals surface area contributed by atoms with Gasteiger partial charge in [0.05, 0.1) is 10.6 Å². The van der Waals surface area contributed by atoms with Crippen LogP contribution in [0.25, 0.3) is 0 Å². The minimum atomic E-state index is -3.86. The fourth-order valence-corrected chi connectivity index (χ4v) is 4.56. The van der Waals surface area contributed by atoms with E-state index in [9.17, 15) is 18.3 Å². The van der Waals surface area contributed by atoms with Crippen LogP contribution in [-0.2, 0) is 22.9 Å². The number of benzene rings is 3. The van der Waals surface area contributed by atoms with E-state index in [2.05, 4.69) is 15.0 Å². The van der Waals surface area contributed by atoms with Crippen LogP contribution in [-0.4, -0.2) is 19.4 Å². The number of halogens is 1. The number of phenolic OH excluding ortho intramolecular Hbond substituents is 1. The lowest BCUT2D eigenvalue weighted by Gasteiger charge is -2.19. The molecule has 0 heterocycles. The fraction of sp³-hybridized carbons (Fsp3) is 0.0870. The summed E-state index contributed by atoms with van der Waals surface area (Å²) >= 11 is 5.83. The molecule has 0 atom stereocenters. The first-order chi connectivity index (χ1) is 15.3. The molecule has 1 aliphatic carbocycles. The van der Waals surface area contributed by atoms with Crippen molar-refractivity contribution in [1.82, 2.24) is 0 Å². The summed E-state index contributed by atoms with van der Waals surface area (Å²) in [5, 5.41) is 18.8. The molecule has 162 valence electrons. The minimum Gasteiger partial charge on any atom is -0.505 e. The molecule has 0 spiro atoms. The number of anilines is 1. The second-order valence-corrected chi connectivity index (χ2v) is 9.18. The highest BCUT2D eigenvalue weighted by Gasteiger charge is 2.22. The van der Waals surface area contributed by atoms with E-state index in [-0.39, 0.29) is 27.6 Å². The number of fused-ring (bicyclic) bond motifs is 1. The topological polar surface area (TPSA) is 108 Å². The van der Waals surface area contributed by atoms with Gasteiger partial charge >= 0.3 is 0 Å². The number of carbonyl (C=O) groups excluding carboxylic acids is 1. The molecule has 0 aliphatic heterocycles. The van der Waals surface area contributed by atoms with Gasteiger partial charge < -0.3 is 5.11 Å². The maximum atomic E-state index is 12.9. The first-order valence-electron chi connectivity index (χ1n) is 9.67. The smallest absolute Gasteiger partial charge is 0.295 e. The van der Waals surface area contributed by atoms with Crippen molar-refractivity contribution in [1.29, 1.82) is 0 Å². The van der Waals surface area contributed by atoms with Crippen LogP contribution < -0.4 is 4.72 Å². The van der Waals surface area contributed by atoms with Crippen LogP contribution in [0.15, 0.2) is 87.9 Å². The molecule has 4 rings (SSSR count). The number of phenols is 1. The Morgan fingerprint density at radius 2 is 1.62 bits per heavy atom. The molecular weight excluding hydrogens is 450 g/mol. The van der Waals surface area contributed by atoms with Gasteiger partial charge in [-0.15, -0.1) is 10.2 Å². The fourth-order valence-electron chi connectivity index (χ4n) is 3.33. The number of aromatic hydroxyl groups is 1. The van der Waals surface area contributed by atoms with Crippen molar-refractivity contribution in [3.63, 3.8) is 0 Å². The maximum Gasteiger partial charge on any atom is 0.295 e. The normalized spacial score (nSPS) is 13.2. The Balaban J connectivity index is 1.71. The molecule has 1 amide bonds. The molecule has 2 N–H and O–H groups in total. The molecule has 1 aliphatic rings. The first kappa shape index (κ1) is 21.7. The molecule has 0 aromatic heterocycles. The van der Waals surface area contributed by atoms with E-state index in [1.165, 1.54) is 30.3 Å². The van der Waals surface area contributed by atoms with Crippen molar-refractivity contribution in [3.8, 4) is 5.75 Å². The number of allylic oxidation sites excluding steroid dienone is 2. The van der Waals surface area contributed by atoms with Crippen LogP contribution >= 0.6 is 11.6 Å². The predicted octanol–water partition coefficient (Wildman–Crippen LogP) is 5.43. The summed E-state index contributed by atoms with van der Waals surface area (Å²) in [4.78, 5) is 12.4. The zero-order valence-electron chi connectivity index (χ0n) is 16.7. The van der Waals surface area contributed by atoms with E-state index in [0.29, 0.717) is 29.0 Å². The predicted molar refractivity (Wildman–Crippen MR) is 122 cm³/mol. The second kappa shape index (κ2) is 8.94. The van der Waals surface area contributed by atoms with Crippen molar-refractivity contribution < 1.29 is 18.3 Å². The Bertz CT molecular complexity index is 1340. The third-order valence-electron chi connectivity index (χ3n) is 4.95. The molecular formula is C23H18ClN3O4S. The average molecular weight is 468 g/mol. The summed E-state index contributed by atoms with van der Waals surface area (Å²) in [7, 11) is -3.86. The van der Waals surface area contributed by atoms with E-state index in [1.54, 1.807) is 30.3 Å². The van der Waals surface area contributed by atoms with Gasteiger partial charge in [0, 0.05) is 16.1 Å². The summed E-state index contributed by atoms with van der Waals surface area (Å²) in [5.41, 5.74) is 1.73. The second-order valence-electron chi connectivity index (χ2n) is 7.06. The Hall–Kier alpha value is -3.49. The molecule has 9 heteroatoms. The number of hydrogen-bond donors (Lipinski definition) is 2. The lowest BCUT2D eigenvalue weighted by molar-refractivity contribution is 0.0995. The number of nitrogens with zero attached hydrogens (tertiary/aromatic N) is 2. The zero-order chi connectivity index (χ0) is 22.7. The highest BCUT2D eigenvalue weighted by molar-refractivity contribution is 7.92. The molecule has 0 unspecified atom stereocenters. The van der Waals surface area contributed by atoms with Crippen LogP contribution in [0.3, 0.4) is 0 Å². The van der Waals surface area contributed by atoms with E-state index < -0.39 is 15.9 Å². The van der Waals surface area contributed by atoms with Gasteiger partial charge in [0.25, 0.3) is 15.9 Å². The van der Waals surface area contributed by atoms with Crippen LogP contribution in [0, 0.1) is 0 Å². The van der Waals surface area contributed by atoms with E-state index in [1.807, 2.05) is 12.2 Å². The van der Waals surface area contributed by atoms with Crippen molar-refractivity contribution in [2.75, 3.05) is 4.72 Å². The molecule has 0 radical (unpaired) electrons. The number of rotatable bonds is 5. The van der Waals surface area contributed by atoms with Crippen LogP contribution in [0.2, 0.25) is 5.02 Å². The summed E-state index contributed by atoms with van der Waals surface area (Å²) in [5.74, 6) is -0.759. The van der Waals surface area contributed by atoms with Gasteiger partial charge in [0.2, 0.25) is 0 Å². The van der Waals surface area contributed by atoms with Crippen molar-refractivity contribution >= 4 is 38.9 Å². The van der Waals surface area contributed by atoms with Gasteiger partial charge in [-0.2, -0.15) is 0 Å². The monoisotopic (exact) mass is 467 g/mol. The SMILES string of the molecule is O=C(N=Nc1cc(NS(=O)(=O)c2ccccc2)c2c(c1O)CC=CC2)c1ccc(Cl)cc1. The number of sulfonamides is 1. The minimum absolute atomic E-state index is 0.00729. The number of azo groups is 1. The maximum absolute atomic E-state index is 12.9. The van der Waals surface area contributed by atoms with Crippen molar-refractivity contribution in [2.45, 2.75) is 17.7 Å². The van der Waals surface area contributed by atoms with E-state index in [4.69, 9.17) is 11.6 Å². The first-order valence-corrected chi connectivity index (χ1v) is 11.5. The summed E-state index contributed by atoms with van der Waals surface area (Å²) in [6, 6.07) is 15.5. The zero-order valence-corrected chi connectivity index (χ0v) is 18.3. The average Bonchev–Trinajstić information content (AvgIpc) is 2.81. The Morgan fingerprint density at radius 3 is 2.31 bits per heavy atom. The standard InChI is InChI=1S/C23H18ClN3O4S/c24-16-12-10-15(11-13-16)23(29)26-25-21-14-20(18-8-4-5-9-19(18)22(21)28)27-32(30,31)17-6-2-1-3-7-17/h1-7,10-14,27-28H,8-9H2. The van der Waals surface area contributed by atoms with Crippen molar-refractivity contribution in [2.24, 2.45) is 10.2 Å². The third-order valence-corrected chi connectivity index (χ3v) is 6.58. The molecule has 0 bridgehead atoms. The summed E-state index contributed by atoms with van der Waals surface area (Å²) in [6.07, 6.45) is 4.61. The summed E-state index contributed by atoms with van der Waals surface area (Å²) in [6.45, 7) is 0. The molecule has 0 saturated heterocycles. The molecule has 3 aromatic rings. The lowest BCUT2D eigenvalue weighted by atomic mass is 9.93. The number of nitrogens with one attached hydrogen (secondary N) is 1. The molecule has 7 nitrogen and oxygen atoms in total. The van der Waals surface area contributed by atoms with Gasteiger partial charge in [-0.3, -0.25) is 9.52 Å². The molecule has 0 fully saturated rings. The highest BCUT2D eigenvalue weighted by atomic mass is 35.5. The van der Waals surface area contributed by atoms with Gasteiger partial charge in [0.15, 0.2) is 0 Å². The van der Waals surface area contributed by atoms with Gasteiger partial charge in [-0.05, 0) is 60.9 Å². The van der Waals surface area contributed by atoms with E-state index in [0.717, 1.165) is 0 Å². The number of carbonyl (C=O) groups is 1. The Labute approximate surface area is 190 Å². The highest BCUT2D eigenvalue weighted by Crippen LogP contribution is 2.41. The molecule has 32 heavy (non-hydrogen) atoms. The summed E-state index contributed by atoms with van der Waals surface area (Å²) < 4.78 is 28.3. The van der Waals surface area contributed by atoms with Gasteiger partial charge in [-0.1, -0.05) is 42.0 Å². The van der Waals surface area contributed by atoms with E-state index >= 15 is 0 Å². The largest absolute Gasteiger partial charge is 0.505 e. The quantitative estimate of drug-likeness (QED) is 0.296.